The molecule has 176 valence electrons. The van der Waals surface area contributed by atoms with Gasteiger partial charge >= 0.3 is 0 Å². The molecule has 1 aromatic heterocycles. The number of carbonyl (C=O) groups is 2. The molecule has 34 heavy (non-hydrogen) atoms. The Morgan fingerprint density at radius 3 is 2.68 bits per heavy atom. The predicted molar refractivity (Wildman–Crippen MR) is 130 cm³/mol. The second kappa shape index (κ2) is 9.26. The number of carbonyl (C=O) groups excluding carboxylic acids is 2. The molecule has 0 radical (unpaired) electrons. The molecule has 1 N–H and O–H groups in total. The van der Waals surface area contributed by atoms with E-state index in [1.54, 1.807) is 6.20 Å². The predicted octanol–water partition coefficient (Wildman–Crippen LogP) is 4.58. The van der Waals surface area contributed by atoms with E-state index in [9.17, 15) is 14.0 Å². The van der Waals surface area contributed by atoms with Gasteiger partial charge in [0.1, 0.15) is 5.82 Å². The number of nitrogens with zero attached hydrogens (tertiary/aromatic N) is 2. The summed E-state index contributed by atoms with van der Waals surface area (Å²) in [7, 11) is 0. The lowest BCUT2D eigenvalue weighted by Gasteiger charge is -2.41. The van der Waals surface area contributed by atoms with Crippen molar-refractivity contribution in [1.29, 1.82) is 0 Å². The third kappa shape index (κ3) is 4.34. The number of benzene rings is 2. The van der Waals surface area contributed by atoms with Crippen molar-refractivity contribution in [1.82, 2.24) is 15.2 Å². The van der Waals surface area contributed by atoms with Crippen LogP contribution >= 0.6 is 0 Å². The Kier molecular flexibility index (Phi) is 6.17. The highest BCUT2D eigenvalue weighted by atomic mass is 19.1. The van der Waals surface area contributed by atoms with Crippen LogP contribution in [0.3, 0.4) is 0 Å². The molecule has 0 bridgehead atoms. The molecule has 6 heteroatoms. The van der Waals surface area contributed by atoms with Gasteiger partial charge in [-0.3, -0.25) is 14.6 Å². The Morgan fingerprint density at radius 2 is 1.91 bits per heavy atom. The summed E-state index contributed by atoms with van der Waals surface area (Å²) in [5, 5.41) is 4.03. The van der Waals surface area contributed by atoms with E-state index >= 15 is 0 Å². The van der Waals surface area contributed by atoms with Crippen LogP contribution in [0.5, 0.6) is 0 Å². The summed E-state index contributed by atoms with van der Waals surface area (Å²) in [6.07, 6.45) is 3.70. The SMILES string of the molecule is C[C@H](CC(=O)c1cnc2ccccc2c1)CN1CCC2(CC1)C(=O)NCC2c1ccc(F)cc1. The van der Waals surface area contributed by atoms with Gasteiger partial charge < -0.3 is 10.2 Å². The maximum Gasteiger partial charge on any atom is 0.227 e. The molecule has 0 aliphatic carbocycles. The fraction of sp³-hybridized carbons (Fsp3) is 0.393. The summed E-state index contributed by atoms with van der Waals surface area (Å²) < 4.78 is 13.4. The highest BCUT2D eigenvalue weighted by Gasteiger charge is 2.51. The van der Waals surface area contributed by atoms with Gasteiger partial charge in [-0.2, -0.15) is 0 Å². The van der Waals surface area contributed by atoms with Crippen LogP contribution in [0.25, 0.3) is 10.9 Å². The molecule has 2 aliphatic heterocycles. The average molecular weight is 460 g/mol. The first-order valence-electron chi connectivity index (χ1n) is 12.1. The minimum absolute atomic E-state index is 0.0714. The molecule has 2 aromatic carbocycles. The number of fused-ring (bicyclic) bond motifs is 1. The summed E-state index contributed by atoms with van der Waals surface area (Å²) in [6, 6.07) is 16.3. The van der Waals surface area contributed by atoms with Gasteiger partial charge in [0.2, 0.25) is 5.91 Å². The fourth-order valence-electron chi connectivity index (χ4n) is 5.73. The molecular weight excluding hydrogens is 429 g/mol. The molecule has 0 saturated carbocycles. The highest BCUT2D eigenvalue weighted by Crippen LogP contribution is 2.47. The van der Waals surface area contributed by atoms with Crippen LogP contribution in [0, 0.1) is 17.2 Å². The van der Waals surface area contributed by atoms with Crippen LogP contribution in [0.1, 0.15) is 48.0 Å². The number of para-hydroxylation sites is 1. The Bertz CT molecular complexity index is 1200. The van der Waals surface area contributed by atoms with Crippen molar-refractivity contribution in [3.05, 3.63) is 77.7 Å². The van der Waals surface area contributed by atoms with Gasteiger partial charge in [-0.25, -0.2) is 4.39 Å². The molecule has 1 unspecified atom stereocenters. The summed E-state index contributed by atoms with van der Waals surface area (Å²) in [6.45, 7) is 5.18. The molecular formula is C28H30FN3O2. The summed E-state index contributed by atoms with van der Waals surface area (Å²) >= 11 is 0. The van der Waals surface area contributed by atoms with Crippen LogP contribution in [0.15, 0.2) is 60.8 Å². The lowest BCUT2D eigenvalue weighted by Crippen LogP contribution is -2.47. The van der Waals surface area contributed by atoms with Crippen molar-refractivity contribution in [3.8, 4) is 0 Å². The Morgan fingerprint density at radius 1 is 1.18 bits per heavy atom. The molecule has 3 heterocycles. The topological polar surface area (TPSA) is 62.3 Å². The summed E-state index contributed by atoms with van der Waals surface area (Å²) in [4.78, 5) is 32.5. The van der Waals surface area contributed by atoms with Crippen molar-refractivity contribution in [2.75, 3.05) is 26.2 Å². The van der Waals surface area contributed by atoms with E-state index in [4.69, 9.17) is 0 Å². The zero-order valence-electron chi connectivity index (χ0n) is 19.5. The number of pyridine rings is 1. The standard InChI is InChI=1S/C28H30FN3O2/c1-19(14-26(33)22-15-21-4-2-3-5-25(21)30-16-22)18-32-12-10-28(11-13-32)24(17-31-27(28)34)20-6-8-23(29)9-7-20/h2-9,15-16,19,24H,10-14,17-18H2,1H3,(H,31,34)/t19-,24?/m1/s1. The van der Waals surface area contributed by atoms with Gasteiger partial charge in [0, 0.05) is 42.6 Å². The zero-order valence-corrected chi connectivity index (χ0v) is 19.5. The molecule has 5 rings (SSSR count). The zero-order chi connectivity index (χ0) is 23.7. The number of piperidine rings is 1. The van der Waals surface area contributed by atoms with E-state index in [-0.39, 0.29) is 29.3 Å². The number of ketones is 1. The van der Waals surface area contributed by atoms with Crippen molar-refractivity contribution in [2.45, 2.75) is 32.1 Å². The van der Waals surface area contributed by atoms with Crippen molar-refractivity contribution in [3.63, 3.8) is 0 Å². The number of hydrogen-bond acceptors (Lipinski definition) is 4. The third-order valence-electron chi connectivity index (χ3n) is 7.62. The molecule has 1 amide bonds. The third-order valence-corrected chi connectivity index (χ3v) is 7.62. The molecule has 2 fully saturated rings. The molecule has 5 nitrogen and oxygen atoms in total. The average Bonchev–Trinajstić information content (AvgIpc) is 3.16. The molecule has 2 saturated heterocycles. The number of hydrogen-bond donors (Lipinski definition) is 1. The fourth-order valence-corrected chi connectivity index (χ4v) is 5.73. The maximum absolute atomic E-state index is 13.4. The first-order chi connectivity index (χ1) is 16.4. The number of nitrogens with one attached hydrogen (secondary N) is 1. The monoisotopic (exact) mass is 459 g/mol. The lowest BCUT2D eigenvalue weighted by atomic mass is 9.68. The Hall–Kier alpha value is -3.12. The smallest absolute Gasteiger partial charge is 0.227 e. The lowest BCUT2D eigenvalue weighted by molar-refractivity contribution is -0.130. The number of Topliss-reactive ketones (excluding diaryl/α,β-unsaturated/α-hetero) is 1. The molecule has 2 atom stereocenters. The van der Waals surface area contributed by atoms with Crippen molar-refractivity contribution >= 4 is 22.6 Å². The number of halogens is 1. The number of rotatable bonds is 6. The second-order valence-corrected chi connectivity index (χ2v) is 9.92. The minimum Gasteiger partial charge on any atom is -0.355 e. The van der Waals surface area contributed by atoms with Crippen molar-refractivity contribution in [2.24, 2.45) is 11.3 Å². The first kappa shape index (κ1) is 22.7. The van der Waals surface area contributed by atoms with Gasteiger partial charge in [0.15, 0.2) is 5.78 Å². The van der Waals surface area contributed by atoms with E-state index in [0.29, 0.717) is 18.5 Å². The van der Waals surface area contributed by atoms with Gasteiger partial charge in [0.25, 0.3) is 0 Å². The van der Waals surface area contributed by atoms with Gasteiger partial charge in [0.05, 0.1) is 10.9 Å². The Balaban J connectivity index is 1.19. The first-order valence-corrected chi connectivity index (χ1v) is 12.1. The molecule has 1 spiro atoms. The number of aromatic nitrogens is 1. The maximum atomic E-state index is 13.4. The van der Waals surface area contributed by atoms with Crippen LogP contribution in [-0.2, 0) is 4.79 Å². The van der Waals surface area contributed by atoms with Crippen LogP contribution in [0.4, 0.5) is 4.39 Å². The summed E-state index contributed by atoms with van der Waals surface area (Å²) in [5.74, 6) is 0.257. The summed E-state index contributed by atoms with van der Waals surface area (Å²) in [5.41, 5.74) is 2.15. The van der Waals surface area contributed by atoms with Gasteiger partial charge in [-0.1, -0.05) is 37.3 Å². The molecule has 2 aliphatic rings. The normalized spacial score (nSPS) is 21.0. The quantitative estimate of drug-likeness (QED) is 0.548. The highest BCUT2D eigenvalue weighted by molar-refractivity contribution is 5.98. The largest absolute Gasteiger partial charge is 0.355 e. The van der Waals surface area contributed by atoms with E-state index < -0.39 is 5.41 Å². The van der Waals surface area contributed by atoms with E-state index in [1.165, 1.54) is 12.1 Å². The van der Waals surface area contributed by atoms with E-state index in [2.05, 4.69) is 22.1 Å². The van der Waals surface area contributed by atoms with Crippen LogP contribution in [-0.4, -0.2) is 47.8 Å². The van der Waals surface area contributed by atoms with Gasteiger partial charge in [-0.05, 0) is 61.7 Å². The van der Waals surface area contributed by atoms with Crippen LogP contribution in [0.2, 0.25) is 0 Å². The molecule has 3 aromatic rings. The van der Waals surface area contributed by atoms with Gasteiger partial charge in [-0.15, -0.1) is 0 Å². The van der Waals surface area contributed by atoms with E-state index in [0.717, 1.165) is 48.9 Å². The number of likely N-dealkylation sites (tertiary alicyclic amines) is 1. The van der Waals surface area contributed by atoms with Crippen LogP contribution < -0.4 is 5.32 Å². The van der Waals surface area contributed by atoms with E-state index in [1.807, 2.05) is 42.5 Å². The second-order valence-electron chi connectivity index (χ2n) is 9.92. The number of amides is 1. The Labute approximate surface area is 199 Å². The van der Waals surface area contributed by atoms with Crippen molar-refractivity contribution < 1.29 is 14.0 Å². The minimum atomic E-state index is -0.426.